The van der Waals surface area contributed by atoms with Crippen LogP contribution in [0, 0.1) is 14.9 Å². The van der Waals surface area contributed by atoms with E-state index in [1.54, 1.807) is 6.92 Å². The van der Waals surface area contributed by atoms with E-state index in [0.717, 1.165) is 0 Å². The monoisotopic (exact) mass is 309 g/mol. The highest BCUT2D eigenvalue weighted by atomic mass is 32.1. The van der Waals surface area contributed by atoms with Gasteiger partial charge in [-0.25, -0.2) is 0 Å². The van der Waals surface area contributed by atoms with E-state index >= 15 is 0 Å². The van der Waals surface area contributed by atoms with Crippen LogP contribution in [0.3, 0.4) is 0 Å². The summed E-state index contributed by atoms with van der Waals surface area (Å²) >= 11 is 4.91. The second-order valence-corrected chi connectivity index (χ2v) is 4.21. The summed E-state index contributed by atoms with van der Waals surface area (Å²) in [4.78, 5) is 10.2. The summed E-state index contributed by atoms with van der Waals surface area (Å²) in [6.45, 7) is 1.97. The van der Waals surface area contributed by atoms with Gasteiger partial charge in [-0.3, -0.25) is 15.2 Å². The van der Waals surface area contributed by atoms with Crippen LogP contribution in [0.2, 0.25) is 0 Å². The highest BCUT2D eigenvalue weighted by molar-refractivity contribution is 7.71. The SMILES string of the molecule is CCOc1cc(C=Nn2cn[nH]c2=S)cc([N+](=O)[O-])c1O. The van der Waals surface area contributed by atoms with Gasteiger partial charge in [0.15, 0.2) is 5.75 Å². The van der Waals surface area contributed by atoms with Crippen molar-refractivity contribution in [2.24, 2.45) is 5.10 Å². The molecular weight excluding hydrogens is 298 g/mol. The Morgan fingerprint density at radius 3 is 3.00 bits per heavy atom. The number of benzene rings is 1. The van der Waals surface area contributed by atoms with Gasteiger partial charge in [-0.15, -0.1) is 0 Å². The van der Waals surface area contributed by atoms with Gasteiger partial charge in [0.25, 0.3) is 0 Å². The van der Waals surface area contributed by atoms with Gasteiger partial charge in [-0.05, 0) is 25.2 Å². The Labute approximate surface area is 123 Å². The number of aromatic nitrogens is 3. The Morgan fingerprint density at radius 2 is 2.43 bits per heavy atom. The van der Waals surface area contributed by atoms with Crippen LogP contribution in [-0.4, -0.2) is 37.7 Å². The van der Waals surface area contributed by atoms with Gasteiger partial charge in [0, 0.05) is 11.6 Å². The highest BCUT2D eigenvalue weighted by Crippen LogP contribution is 2.36. The minimum absolute atomic E-state index is 0.0175. The number of phenolic OH excluding ortho intramolecular Hbond substituents is 1. The summed E-state index contributed by atoms with van der Waals surface area (Å²) in [5.74, 6) is -0.497. The number of hydrogen-bond acceptors (Lipinski definition) is 7. The lowest BCUT2D eigenvalue weighted by molar-refractivity contribution is -0.386. The minimum Gasteiger partial charge on any atom is -0.500 e. The molecule has 1 heterocycles. The van der Waals surface area contributed by atoms with E-state index < -0.39 is 16.4 Å². The van der Waals surface area contributed by atoms with Crippen molar-refractivity contribution in [2.45, 2.75) is 6.92 Å². The van der Waals surface area contributed by atoms with Crippen LogP contribution in [0.4, 0.5) is 5.69 Å². The Balaban J connectivity index is 2.44. The third-order valence-corrected chi connectivity index (χ3v) is 2.72. The molecule has 110 valence electrons. The molecule has 0 spiro atoms. The first-order valence-electron chi connectivity index (χ1n) is 5.83. The maximum Gasteiger partial charge on any atom is 0.315 e. The largest absolute Gasteiger partial charge is 0.500 e. The Bertz CT molecular complexity index is 751. The molecule has 1 aromatic carbocycles. The molecule has 0 atom stereocenters. The summed E-state index contributed by atoms with van der Waals surface area (Å²) in [5, 5.41) is 30.9. The van der Waals surface area contributed by atoms with Crippen molar-refractivity contribution < 1.29 is 14.8 Å². The molecule has 2 N–H and O–H groups in total. The molecule has 2 aromatic rings. The topological polar surface area (TPSA) is 119 Å². The van der Waals surface area contributed by atoms with Crippen molar-refractivity contribution in [3.05, 3.63) is 38.9 Å². The molecule has 0 aliphatic rings. The molecule has 0 fully saturated rings. The summed E-state index contributed by atoms with van der Waals surface area (Å²) in [7, 11) is 0. The van der Waals surface area contributed by atoms with Crippen molar-refractivity contribution in [3.8, 4) is 11.5 Å². The van der Waals surface area contributed by atoms with Gasteiger partial charge < -0.3 is 9.84 Å². The van der Waals surface area contributed by atoms with Crippen LogP contribution in [0.1, 0.15) is 12.5 Å². The zero-order valence-corrected chi connectivity index (χ0v) is 11.7. The molecule has 0 aliphatic heterocycles. The number of aromatic hydroxyl groups is 1. The van der Waals surface area contributed by atoms with Crippen molar-refractivity contribution >= 4 is 24.1 Å². The number of rotatable bonds is 5. The predicted molar refractivity (Wildman–Crippen MR) is 76.3 cm³/mol. The molecule has 0 radical (unpaired) electrons. The van der Waals surface area contributed by atoms with E-state index in [2.05, 4.69) is 15.3 Å². The number of phenols is 1. The number of nitrogens with one attached hydrogen (secondary N) is 1. The van der Waals surface area contributed by atoms with Crippen LogP contribution >= 0.6 is 12.2 Å². The fraction of sp³-hybridized carbons (Fsp3) is 0.182. The van der Waals surface area contributed by atoms with Crippen molar-refractivity contribution in [1.82, 2.24) is 14.9 Å². The zero-order valence-electron chi connectivity index (χ0n) is 10.9. The maximum atomic E-state index is 10.9. The molecule has 9 nitrogen and oxygen atoms in total. The van der Waals surface area contributed by atoms with E-state index in [1.807, 2.05) is 0 Å². The van der Waals surface area contributed by atoms with Gasteiger partial charge in [-0.1, -0.05) is 0 Å². The fourth-order valence-corrected chi connectivity index (χ4v) is 1.69. The normalized spacial score (nSPS) is 10.9. The molecule has 10 heteroatoms. The zero-order chi connectivity index (χ0) is 15.4. The lowest BCUT2D eigenvalue weighted by Crippen LogP contribution is -1.98. The Morgan fingerprint density at radius 1 is 1.67 bits per heavy atom. The molecule has 0 unspecified atom stereocenters. The average molecular weight is 309 g/mol. The quantitative estimate of drug-likeness (QED) is 0.376. The number of nitro groups is 1. The summed E-state index contributed by atoms with van der Waals surface area (Å²) in [5.41, 5.74) is -0.0794. The number of aromatic amines is 1. The summed E-state index contributed by atoms with van der Waals surface area (Å²) in [6.07, 6.45) is 2.71. The number of hydrogen-bond donors (Lipinski definition) is 2. The second-order valence-electron chi connectivity index (χ2n) is 3.83. The van der Waals surface area contributed by atoms with E-state index in [1.165, 1.54) is 29.4 Å². The molecule has 0 aliphatic carbocycles. The standard InChI is InChI=1S/C11H11N5O4S/c1-2-20-9-4-7(3-8(10(9)17)16(18)19)5-13-15-6-12-14-11(15)21/h3-6,17H,2H2,1H3,(H,14,21). The molecule has 0 saturated heterocycles. The third-order valence-electron chi connectivity index (χ3n) is 2.44. The van der Waals surface area contributed by atoms with Gasteiger partial charge in [0.05, 0.1) is 17.7 Å². The predicted octanol–water partition coefficient (Wildman–Crippen LogP) is 1.84. The molecule has 21 heavy (non-hydrogen) atoms. The lowest BCUT2D eigenvalue weighted by atomic mass is 10.2. The molecule has 0 amide bonds. The minimum atomic E-state index is -0.696. The van der Waals surface area contributed by atoms with Crippen molar-refractivity contribution in [3.63, 3.8) is 0 Å². The molecule has 2 rings (SSSR count). The molecule has 1 aromatic heterocycles. The summed E-state index contributed by atoms with van der Waals surface area (Å²) < 4.78 is 6.73. The van der Waals surface area contributed by atoms with Gasteiger partial charge in [0.2, 0.25) is 10.5 Å². The molecular formula is C11H11N5O4S. The smallest absolute Gasteiger partial charge is 0.315 e. The van der Waals surface area contributed by atoms with Crippen LogP contribution in [0.5, 0.6) is 11.5 Å². The van der Waals surface area contributed by atoms with E-state index in [-0.39, 0.29) is 17.1 Å². The van der Waals surface area contributed by atoms with E-state index in [0.29, 0.717) is 5.56 Å². The average Bonchev–Trinajstić information content (AvgIpc) is 2.85. The van der Waals surface area contributed by atoms with Gasteiger partial charge >= 0.3 is 5.69 Å². The number of nitrogens with zero attached hydrogens (tertiary/aromatic N) is 4. The Kier molecular flexibility index (Phi) is 4.28. The fourth-order valence-electron chi connectivity index (χ4n) is 1.55. The number of H-pyrrole nitrogens is 1. The lowest BCUT2D eigenvalue weighted by Gasteiger charge is -2.07. The number of ether oxygens (including phenoxy) is 1. The van der Waals surface area contributed by atoms with E-state index in [4.69, 9.17) is 17.0 Å². The first kappa shape index (κ1) is 14.7. The summed E-state index contributed by atoms with van der Waals surface area (Å²) in [6, 6.07) is 2.63. The van der Waals surface area contributed by atoms with Crippen LogP contribution in [-0.2, 0) is 0 Å². The number of nitro benzene ring substituents is 1. The molecule has 0 bridgehead atoms. The molecule has 0 saturated carbocycles. The second kappa shape index (κ2) is 6.13. The van der Waals surface area contributed by atoms with Crippen LogP contribution in [0.25, 0.3) is 0 Å². The maximum absolute atomic E-state index is 10.9. The highest BCUT2D eigenvalue weighted by Gasteiger charge is 2.19. The first-order chi connectivity index (χ1) is 10.0. The van der Waals surface area contributed by atoms with Crippen LogP contribution in [0.15, 0.2) is 23.6 Å². The third kappa shape index (κ3) is 3.23. The first-order valence-corrected chi connectivity index (χ1v) is 6.24. The van der Waals surface area contributed by atoms with Gasteiger partial charge in [0.1, 0.15) is 6.33 Å². The van der Waals surface area contributed by atoms with Crippen LogP contribution < -0.4 is 4.74 Å². The van der Waals surface area contributed by atoms with Gasteiger partial charge in [-0.2, -0.15) is 14.9 Å². The van der Waals surface area contributed by atoms with Crippen molar-refractivity contribution in [2.75, 3.05) is 6.61 Å². The van der Waals surface area contributed by atoms with E-state index in [9.17, 15) is 15.2 Å². The van der Waals surface area contributed by atoms with Crippen molar-refractivity contribution in [1.29, 1.82) is 0 Å². The Hall–Kier alpha value is -2.75.